The maximum Gasteiger partial charge on any atom is 0.155 e. The predicted octanol–water partition coefficient (Wildman–Crippen LogP) is 6.14. The zero-order chi connectivity index (χ0) is 26.8. The molecule has 5 rings (SSSR count). The van der Waals surface area contributed by atoms with Crippen LogP contribution in [0, 0.1) is 40.4 Å². The Morgan fingerprint density at radius 2 is 1.78 bits per heavy atom. The highest BCUT2D eigenvalue weighted by Gasteiger charge is 2.66. The molecule has 4 nitrogen and oxygen atoms in total. The summed E-state index contributed by atoms with van der Waals surface area (Å²) < 4.78 is 5.58. The lowest BCUT2D eigenvalue weighted by atomic mass is 9.43. The van der Waals surface area contributed by atoms with E-state index in [0.717, 1.165) is 32.1 Å². The molecule has 0 aliphatic heterocycles. The van der Waals surface area contributed by atoms with E-state index in [1.54, 1.807) is 7.11 Å². The highest BCUT2D eigenvalue weighted by Crippen LogP contribution is 2.70. The highest BCUT2D eigenvalue weighted by atomic mass is 16.5. The molecule has 1 aromatic carbocycles. The summed E-state index contributed by atoms with van der Waals surface area (Å²) in [6, 6.07) is 9.08. The second-order valence-corrected chi connectivity index (χ2v) is 13.5. The van der Waals surface area contributed by atoms with Crippen LogP contribution in [0.15, 0.2) is 35.9 Å². The van der Waals surface area contributed by atoms with Gasteiger partial charge in [-0.25, -0.2) is 0 Å². The summed E-state index contributed by atoms with van der Waals surface area (Å²) >= 11 is 0. The van der Waals surface area contributed by atoms with Gasteiger partial charge in [-0.15, -0.1) is 0 Å². The molecule has 1 unspecified atom stereocenters. The van der Waals surface area contributed by atoms with E-state index < -0.39 is 11.2 Å². The largest absolute Gasteiger partial charge is 0.378 e. The number of ether oxygens (including phenoxy) is 1. The van der Waals surface area contributed by atoms with Crippen LogP contribution < -0.4 is 4.90 Å². The zero-order valence-corrected chi connectivity index (χ0v) is 23.9. The van der Waals surface area contributed by atoms with Gasteiger partial charge in [0.05, 0.1) is 0 Å². The van der Waals surface area contributed by atoms with Crippen molar-refractivity contribution in [2.75, 3.05) is 26.1 Å². The fourth-order valence-electron chi connectivity index (χ4n) is 8.60. The molecule has 0 aromatic heterocycles. The molecule has 1 aromatic rings. The van der Waals surface area contributed by atoms with E-state index in [9.17, 15) is 9.90 Å². The maximum absolute atomic E-state index is 12.4. The topological polar surface area (TPSA) is 49.8 Å². The maximum atomic E-state index is 12.4. The molecule has 0 amide bonds. The molecule has 3 saturated carbocycles. The molecule has 4 aliphatic carbocycles. The first-order valence-electron chi connectivity index (χ1n) is 14.2. The van der Waals surface area contributed by atoms with Crippen molar-refractivity contribution in [3.05, 3.63) is 41.5 Å². The number of carbonyl (C=O) groups excluding carboxylic acids is 1. The summed E-state index contributed by atoms with van der Waals surface area (Å²) in [6.45, 7) is 8.68. The van der Waals surface area contributed by atoms with Crippen LogP contribution in [0.1, 0.15) is 84.1 Å². The van der Waals surface area contributed by atoms with Gasteiger partial charge in [0, 0.05) is 38.7 Å². The number of aliphatic hydroxyl groups is 1. The van der Waals surface area contributed by atoms with Crippen LogP contribution >= 0.6 is 0 Å². The lowest BCUT2D eigenvalue weighted by Crippen LogP contribution is -2.57. The lowest BCUT2D eigenvalue weighted by Gasteiger charge is -2.61. The first-order valence-corrected chi connectivity index (χ1v) is 14.2. The third kappa shape index (κ3) is 4.18. The van der Waals surface area contributed by atoms with E-state index >= 15 is 0 Å². The molecule has 200 valence electrons. The summed E-state index contributed by atoms with van der Waals surface area (Å²) in [5.74, 6) is 8.66. The Bertz CT molecular complexity index is 1150. The summed E-state index contributed by atoms with van der Waals surface area (Å²) in [7, 11) is 5.84. The molecule has 4 heteroatoms. The van der Waals surface area contributed by atoms with Crippen LogP contribution in [0.2, 0.25) is 0 Å². The average Bonchev–Trinajstić information content (AvgIpc) is 3.13. The quantitative estimate of drug-likeness (QED) is 0.504. The number of carbonyl (C=O) groups is 1. The SMILES string of the molecule is COC(C)(C)C#C[C@]1(O)CC[C@H]2[C@@H]3CCC4=CC(=O)CC[C@]4(C)C3[C@@H](c3ccc(N(C)C)cc3)C[C@@]21C. The van der Waals surface area contributed by atoms with Gasteiger partial charge in [0.25, 0.3) is 0 Å². The number of methoxy groups -OCH3 is 1. The third-order valence-corrected chi connectivity index (χ3v) is 11.0. The van der Waals surface area contributed by atoms with E-state index in [0.29, 0.717) is 42.3 Å². The normalized spacial score (nSPS) is 39.0. The second kappa shape index (κ2) is 8.99. The molecular weight excluding hydrogens is 458 g/mol. The number of benzene rings is 1. The first kappa shape index (κ1) is 26.5. The smallest absolute Gasteiger partial charge is 0.155 e. The van der Waals surface area contributed by atoms with E-state index in [4.69, 9.17) is 4.74 Å². The molecule has 1 N–H and O–H groups in total. The van der Waals surface area contributed by atoms with E-state index in [1.165, 1.54) is 16.8 Å². The Labute approximate surface area is 223 Å². The van der Waals surface area contributed by atoms with Gasteiger partial charge in [-0.05, 0) is 105 Å². The molecule has 0 heterocycles. The zero-order valence-electron chi connectivity index (χ0n) is 23.9. The van der Waals surface area contributed by atoms with Crippen molar-refractivity contribution in [3.63, 3.8) is 0 Å². The lowest BCUT2D eigenvalue weighted by molar-refractivity contribution is -0.122. The number of allylic oxidation sites excluding steroid dienone is 1. The Balaban J connectivity index is 1.62. The Hall–Kier alpha value is -2.09. The molecule has 0 radical (unpaired) electrons. The number of rotatable bonds is 3. The molecule has 0 spiro atoms. The van der Waals surface area contributed by atoms with Crippen LogP contribution in [0.5, 0.6) is 0 Å². The van der Waals surface area contributed by atoms with Crippen LogP contribution in [-0.4, -0.2) is 43.3 Å². The summed E-state index contributed by atoms with van der Waals surface area (Å²) in [6.07, 6.45) is 8.32. The fraction of sp³-hybridized carbons (Fsp3) is 0.667. The van der Waals surface area contributed by atoms with Crippen molar-refractivity contribution < 1.29 is 14.6 Å². The van der Waals surface area contributed by atoms with Gasteiger partial charge in [-0.3, -0.25) is 4.79 Å². The Morgan fingerprint density at radius 3 is 2.43 bits per heavy atom. The van der Waals surface area contributed by atoms with Gasteiger partial charge in [0.1, 0.15) is 11.2 Å². The van der Waals surface area contributed by atoms with E-state index in [2.05, 4.69) is 68.9 Å². The Morgan fingerprint density at radius 1 is 1.08 bits per heavy atom. The number of nitrogens with zero attached hydrogens (tertiary/aromatic N) is 1. The number of anilines is 1. The van der Waals surface area contributed by atoms with Crippen molar-refractivity contribution >= 4 is 11.5 Å². The average molecular weight is 504 g/mol. The first-order chi connectivity index (χ1) is 17.3. The molecule has 37 heavy (non-hydrogen) atoms. The van der Waals surface area contributed by atoms with Gasteiger partial charge < -0.3 is 14.7 Å². The van der Waals surface area contributed by atoms with Crippen LogP contribution in [0.25, 0.3) is 0 Å². The molecule has 0 saturated heterocycles. The second-order valence-electron chi connectivity index (χ2n) is 13.5. The number of ketones is 1. The molecule has 0 bridgehead atoms. The number of hydrogen-bond acceptors (Lipinski definition) is 4. The van der Waals surface area contributed by atoms with Crippen LogP contribution in [0.3, 0.4) is 0 Å². The van der Waals surface area contributed by atoms with Crippen LogP contribution in [-0.2, 0) is 9.53 Å². The van der Waals surface area contributed by atoms with Crippen molar-refractivity contribution in [2.24, 2.45) is 28.6 Å². The monoisotopic (exact) mass is 503 g/mol. The molecule has 4 aliphatic rings. The van der Waals surface area contributed by atoms with Crippen LogP contribution in [0.4, 0.5) is 5.69 Å². The molecule has 7 atom stereocenters. The standard InChI is InChI=1S/C33H45NO3/c1-30(2,37-7)18-19-33(36)17-15-28-26-13-10-23-20-25(35)14-16-31(23,3)29(26)27(21-32(28,33)4)22-8-11-24(12-9-22)34(5)6/h8-9,11-12,20,26-29,36H,10,13-17,21H2,1-7H3/t26-,27+,28-,29?,31-,32-,33+/m0/s1. The molecule has 3 fully saturated rings. The van der Waals surface area contributed by atoms with Crippen molar-refractivity contribution in [2.45, 2.75) is 89.8 Å². The highest BCUT2D eigenvalue weighted by molar-refractivity contribution is 5.91. The minimum absolute atomic E-state index is 0.0352. The minimum Gasteiger partial charge on any atom is -0.378 e. The number of fused-ring (bicyclic) bond motifs is 5. The predicted molar refractivity (Wildman–Crippen MR) is 149 cm³/mol. The van der Waals surface area contributed by atoms with E-state index in [-0.39, 0.29) is 10.8 Å². The summed E-state index contributed by atoms with van der Waals surface area (Å²) in [5, 5.41) is 12.2. The molecular formula is C33H45NO3. The summed E-state index contributed by atoms with van der Waals surface area (Å²) in [5.41, 5.74) is 2.06. The van der Waals surface area contributed by atoms with Crippen molar-refractivity contribution in [1.29, 1.82) is 0 Å². The minimum atomic E-state index is -1.03. The van der Waals surface area contributed by atoms with Crippen molar-refractivity contribution in [3.8, 4) is 11.8 Å². The van der Waals surface area contributed by atoms with Crippen molar-refractivity contribution in [1.82, 2.24) is 0 Å². The van der Waals surface area contributed by atoms with E-state index in [1.807, 2.05) is 19.9 Å². The van der Waals surface area contributed by atoms with Gasteiger partial charge >= 0.3 is 0 Å². The van der Waals surface area contributed by atoms with Gasteiger partial charge in [-0.2, -0.15) is 0 Å². The van der Waals surface area contributed by atoms with Gasteiger partial charge in [-0.1, -0.05) is 43.4 Å². The number of hydrogen-bond donors (Lipinski definition) is 1. The van der Waals surface area contributed by atoms with Gasteiger partial charge in [0.15, 0.2) is 5.78 Å². The Kier molecular flexibility index (Phi) is 6.44. The fourth-order valence-corrected chi connectivity index (χ4v) is 8.60. The third-order valence-electron chi connectivity index (χ3n) is 11.0. The van der Waals surface area contributed by atoms with Gasteiger partial charge in [0.2, 0.25) is 0 Å². The summed E-state index contributed by atoms with van der Waals surface area (Å²) in [4.78, 5) is 14.6.